The Hall–Kier alpha value is -4.76. The molecule has 1 saturated carbocycles. The van der Waals surface area contributed by atoms with Gasteiger partial charge in [-0.15, -0.1) is 0 Å². The predicted molar refractivity (Wildman–Crippen MR) is 155 cm³/mol. The van der Waals surface area contributed by atoms with Gasteiger partial charge in [0.05, 0.1) is 36.9 Å². The Bertz CT molecular complexity index is 1820. The van der Waals surface area contributed by atoms with E-state index in [1.54, 1.807) is 29.8 Å². The lowest BCUT2D eigenvalue weighted by Crippen LogP contribution is -2.65. The standard InChI is InChI=1S/C30H29F3N8O4/c1-2-44-20-11-16(27(42)38-22-12-17(5-8-35-22)30(31,32)33)3-4-19(20)23-24-25(34)36-9-10-40(24)26(39-23)21-14-41-18(15-45-21)13-37-29(6-7-29)28(41)43/h3-5,8-12,18,21,37H,2,6-7,13-15H2,1H3,(H2,34,36)(H,35,38,42)/t18-,21-/m1/s1. The van der Waals surface area contributed by atoms with Crippen molar-refractivity contribution < 1.29 is 32.2 Å². The lowest BCUT2D eigenvalue weighted by atomic mass is 10.0. The lowest BCUT2D eigenvalue weighted by molar-refractivity contribution is -0.154. The molecule has 2 atom stereocenters. The number of hydrogen-bond donors (Lipinski definition) is 3. The molecule has 2 amide bonds. The third kappa shape index (κ3) is 5.11. The summed E-state index contributed by atoms with van der Waals surface area (Å²) in [5.74, 6) is 0.200. The van der Waals surface area contributed by atoms with E-state index in [9.17, 15) is 22.8 Å². The summed E-state index contributed by atoms with van der Waals surface area (Å²) < 4.78 is 53.4. The molecule has 3 aliphatic rings. The van der Waals surface area contributed by atoms with Crippen molar-refractivity contribution in [2.75, 3.05) is 37.4 Å². The number of carbonyl (C=O) groups is 2. The van der Waals surface area contributed by atoms with E-state index in [0.29, 0.717) is 48.0 Å². The molecule has 4 N–H and O–H groups in total. The van der Waals surface area contributed by atoms with E-state index >= 15 is 0 Å². The molecule has 12 nitrogen and oxygen atoms in total. The number of imidazole rings is 1. The van der Waals surface area contributed by atoms with Crippen molar-refractivity contribution in [2.45, 2.75) is 43.6 Å². The summed E-state index contributed by atoms with van der Waals surface area (Å²) in [6.45, 7) is 3.37. The Morgan fingerprint density at radius 2 is 2.04 bits per heavy atom. The number of anilines is 2. The number of alkyl halides is 3. The van der Waals surface area contributed by atoms with Gasteiger partial charge in [0.25, 0.3) is 5.91 Å². The molecule has 0 bridgehead atoms. The topological polar surface area (TPSA) is 149 Å². The maximum absolute atomic E-state index is 13.3. The van der Waals surface area contributed by atoms with Crippen LogP contribution in [0.1, 0.15) is 47.6 Å². The molecule has 1 aromatic carbocycles. The van der Waals surface area contributed by atoms with Crippen LogP contribution in [0.25, 0.3) is 16.8 Å². The Balaban J connectivity index is 1.22. The summed E-state index contributed by atoms with van der Waals surface area (Å²) in [5, 5.41) is 5.79. The maximum atomic E-state index is 13.3. The van der Waals surface area contributed by atoms with Crippen molar-refractivity contribution in [3.05, 3.63) is 65.9 Å². The molecule has 15 heteroatoms. The molecular weight excluding hydrogens is 593 g/mol. The molecule has 2 aliphatic heterocycles. The number of carbonyl (C=O) groups excluding carboxylic acids is 2. The van der Waals surface area contributed by atoms with Crippen LogP contribution in [0.5, 0.6) is 5.75 Å². The molecule has 234 valence electrons. The summed E-state index contributed by atoms with van der Waals surface area (Å²) in [7, 11) is 0. The average molecular weight is 623 g/mol. The van der Waals surface area contributed by atoms with Gasteiger partial charge in [0, 0.05) is 36.3 Å². The van der Waals surface area contributed by atoms with Gasteiger partial charge in [0.2, 0.25) is 5.91 Å². The van der Waals surface area contributed by atoms with Crippen LogP contribution in [0, 0.1) is 0 Å². The minimum absolute atomic E-state index is 0.0632. The van der Waals surface area contributed by atoms with Crippen LogP contribution < -0.4 is 21.1 Å². The van der Waals surface area contributed by atoms with Crippen LogP contribution in [-0.2, 0) is 15.7 Å². The highest BCUT2D eigenvalue weighted by Gasteiger charge is 2.56. The molecule has 0 radical (unpaired) electrons. The van der Waals surface area contributed by atoms with Crippen LogP contribution in [0.15, 0.2) is 48.9 Å². The van der Waals surface area contributed by atoms with Gasteiger partial charge in [-0.1, -0.05) is 0 Å². The van der Waals surface area contributed by atoms with E-state index in [0.717, 1.165) is 31.2 Å². The molecule has 3 fully saturated rings. The number of nitrogen functional groups attached to an aromatic ring is 1. The van der Waals surface area contributed by atoms with Crippen molar-refractivity contribution >= 4 is 29.0 Å². The van der Waals surface area contributed by atoms with Gasteiger partial charge in [-0.2, -0.15) is 13.2 Å². The van der Waals surface area contributed by atoms with Crippen molar-refractivity contribution in [3.8, 4) is 17.0 Å². The first-order valence-corrected chi connectivity index (χ1v) is 14.5. The SMILES string of the molecule is CCOc1cc(C(=O)Nc2cc(C(F)(F)F)ccn2)ccc1-c1nc([C@H]2CN3C(=O)C4(CC4)NC[C@@H]3CO2)n2ccnc(N)c12. The van der Waals surface area contributed by atoms with E-state index in [-0.39, 0.29) is 35.8 Å². The quantitative estimate of drug-likeness (QED) is 0.294. The number of pyridine rings is 1. The first kappa shape index (κ1) is 29.0. The van der Waals surface area contributed by atoms with Gasteiger partial charge < -0.3 is 30.7 Å². The Morgan fingerprint density at radius 3 is 2.80 bits per heavy atom. The largest absolute Gasteiger partial charge is 0.493 e. The second-order valence-electron chi connectivity index (χ2n) is 11.3. The van der Waals surface area contributed by atoms with Crippen LogP contribution in [0.4, 0.5) is 24.8 Å². The van der Waals surface area contributed by atoms with Crippen LogP contribution >= 0.6 is 0 Å². The number of amides is 2. The fraction of sp³-hybridized carbons (Fsp3) is 0.367. The highest BCUT2D eigenvalue weighted by Crippen LogP contribution is 2.43. The van der Waals surface area contributed by atoms with E-state index in [2.05, 4.69) is 20.6 Å². The first-order chi connectivity index (χ1) is 21.6. The zero-order valence-corrected chi connectivity index (χ0v) is 24.1. The number of benzene rings is 1. The Labute approximate surface area is 254 Å². The molecule has 5 heterocycles. The molecule has 3 aromatic heterocycles. The van der Waals surface area contributed by atoms with Gasteiger partial charge in [0.15, 0.2) is 0 Å². The van der Waals surface area contributed by atoms with Crippen molar-refractivity contribution in [1.82, 2.24) is 29.6 Å². The van der Waals surface area contributed by atoms with E-state index in [4.69, 9.17) is 20.2 Å². The number of fused-ring (bicyclic) bond motifs is 2. The fourth-order valence-corrected chi connectivity index (χ4v) is 5.95. The predicted octanol–water partition coefficient (Wildman–Crippen LogP) is 3.45. The number of rotatable bonds is 6. The third-order valence-electron chi connectivity index (χ3n) is 8.42. The zero-order valence-electron chi connectivity index (χ0n) is 24.1. The van der Waals surface area contributed by atoms with Crippen LogP contribution in [0.2, 0.25) is 0 Å². The number of morpholine rings is 1. The Kier molecular flexibility index (Phi) is 6.89. The van der Waals surface area contributed by atoms with Gasteiger partial charge in [-0.3, -0.25) is 14.0 Å². The molecular formula is C30H29F3N8O4. The fourth-order valence-electron chi connectivity index (χ4n) is 5.95. The van der Waals surface area contributed by atoms with Crippen molar-refractivity contribution in [2.24, 2.45) is 0 Å². The number of nitrogens with zero attached hydrogens (tertiary/aromatic N) is 5. The number of halogens is 3. The van der Waals surface area contributed by atoms with Crippen LogP contribution in [-0.4, -0.2) is 74.0 Å². The summed E-state index contributed by atoms with van der Waals surface area (Å²) in [5.41, 5.74) is 6.54. The van der Waals surface area contributed by atoms with Gasteiger partial charge in [0.1, 0.15) is 40.5 Å². The second-order valence-corrected chi connectivity index (χ2v) is 11.3. The van der Waals surface area contributed by atoms with E-state index in [1.165, 1.54) is 12.1 Å². The number of aromatic nitrogens is 4. The zero-order chi connectivity index (χ0) is 31.5. The maximum Gasteiger partial charge on any atom is 0.416 e. The molecule has 1 aliphatic carbocycles. The summed E-state index contributed by atoms with van der Waals surface area (Å²) >= 11 is 0. The van der Waals surface area contributed by atoms with E-state index < -0.39 is 29.3 Å². The monoisotopic (exact) mass is 622 g/mol. The summed E-state index contributed by atoms with van der Waals surface area (Å²) in [4.78, 5) is 41.3. The summed E-state index contributed by atoms with van der Waals surface area (Å²) in [6.07, 6.45) is 0.775. The second kappa shape index (κ2) is 10.7. The van der Waals surface area contributed by atoms with Gasteiger partial charge in [-0.25, -0.2) is 15.0 Å². The summed E-state index contributed by atoms with van der Waals surface area (Å²) in [6, 6.07) is 6.14. The number of nitrogens with two attached hydrogens (primary N) is 1. The minimum Gasteiger partial charge on any atom is -0.493 e. The normalized spacial score (nSPS) is 20.7. The molecule has 45 heavy (non-hydrogen) atoms. The van der Waals surface area contributed by atoms with Crippen LogP contribution in [0.3, 0.4) is 0 Å². The Morgan fingerprint density at radius 1 is 1.22 bits per heavy atom. The number of nitrogens with one attached hydrogen (secondary N) is 2. The average Bonchev–Trinajstić information content (AvgIpc) is 3.70. The van der Waals surface area contributed by atoms with Crippen molar-refractivity contribution in [3.63, 3.8) is 0 Å². The lowest BCUT2D eigenvalue weighted by Gasteiger charge is -2.45. The van der Waals surface area contributed by atoms with E-state index in [1.807, 2.05) is 4.90 Å². The third-order valence-corrected chi connectivity index (χ3v) is 8.42. The van der Waals surface area contributed by atoms with Gasteiger partial charge >= 0.3 is 6.18 Å². The van der Waals surface area contributed by atoms with Crippen molar-refractivity contribution in [1.29, 1.82) is 0 Å². The van der Waals surface area contributed by atoms with Gasteiger partial charge in [-0.05, 0) is 50.1 Å². The number of piperazine rings is 1. The highest BCUT2D eigenvalue weighted by atomic mass is 19.4. The smallest absolute Gasteiger partial charge is 0.416 e. The first-order valence-electron chi connectivity index (χ1n) is 14.5. The minimum atomic E-state index is -4.58. The molecule has 7 rings (SSSR count). The number of ether oxygens (including phenoxy) is 2. The molecule has 1 spiro atoms. The molecule has 2 saturated heterocycles. The number of hydrogen-bond acceptors (Lipinski definition) is 9. The molecule has 4 aromatic rings. The highest BCUT2D eigenvalue weighted by molar-refractivity contribution is 6.04. The molecule has 0 unspecified atom stereocenters.